The van der Waals surface area contributed by atoms with Crippen molar-refractivity contribution in [3.63, 3.8) is 0 Å². The van der Waals surface area contributed by atoms with Crippen LogP contribution < -0.4 is 5.01 Å². The van der Waals surface area contributed by atoms with E-state index in [0.717, 1.165) is 4.79 Å². The number of hydrogen-bond donors (Lipinski definition) is 0. The zero-order valence-corrected chi connectivity index (χ0v) is 7.55. The maximum absolute atomic E-state index is 13.0. The van der Waals surface area contributed by atoms with E-state index in [1.807, 2.05) is 0 Å². The largest absolute Gasteiger partial charge is 0.303 e. The Bertz CT molecular complexity index is 278. The summed E-state index contributed by atoms with van der Waals surface area (Å²) in [6, 6.07) is 0. The second-order valence-electron chi connectivity index (χ2n) is 2.82. The van der Waals surface area contributed by atoms with Gasteiger partial charge in [0.1, 0.15) is 0 Å². The summed E-state index contributed by atoms with van der Waals surface area (Å²) in [6.45, 7) is 1.40. The van der Waals surface area contributed by atoms with Gasteiger partial charge < -0.3 is 5.01 Å². The van der Waals surface area contributed by atoms with Crippen LogP contribution in [0.4, 0.5) is 13.2 Å². The van der Waals surface area contributed by atoms with Gasteiger partial charge in [0, 0.05) is 14.1 Å². The van der Waals surface area contributed by atoms with E-state index in [1.165, 1.54) is 11.9 Å². The average Bonchev–Trinajstić information content (AvgIpc) is 2.29. The zero-order chi connectivity index (χ0) is 10.2. The van der Waals surface area contributed by atoms with Crippen molar-refractivity contribution in [2.24, 2.45) is 0 Å². The first-order valence-corrected chi connectivity index (χ1v) is 3.66. The molecule has 1 rings (SSSR count). The van der Waals surface area contributed by atoms with Crippen molar-refractivity contribution < 1.29 is 13.2 Å². The lowest BCUT2D eigenvalue weighted by Gasteiger charge is -2.13. The molecule has 1 aromatic rings. The first-order valence-electron chi connectivity index (χ1n) is 3.66. The lowest BCUT2D eigenvalue weighted by atomic mass is 10.3. The fraction of sp³-hybridized carbons (Fsp3) is 0.571. The Morgan fingerprint density at radius 3 is 2.15 bits per heavy atom. The van der Waals surface area contributed by atoms with Crippen LogP contribution in [0.2, 0.25) is 0 Å². The number of alkyl halides is 2. The topological polar surface area (TPSA) is 21.1 Å². The number of rotatable bonds is 2. The normalized spacial score (nSPS) is 11.0. The average molecular weight is 193 g/mol. The Balaban J connectivity index is 3.20. The van der Waals surface area contributed by atoms with E-state index in [4.69, 9.17) is 0 Å². The molecular formula is C7H10F3N3. The summed E-state index contributed by atoms with van der Waals surface area (Å²) in [6.07, 6.45) is -2.88. The van der Waals surface area contributed by atoms with E-state index in [2.05, 4.69) is 5.10 Å². The molecule has 0 aliphatic carbocycles. The van der Waals surface area contributed by atoms with Crippen molar-refractivity contribution >= 4 is 0 Å². The van der Waals surface area contributed by atoms with Crippen LogP contribution in [0.5, 0.6) is 0 Å². The molecule has 0 aliphatic rings. The van der Waals surface area contributed by atoms with Crippen LogP contribution in [0.1, 0.15) is 17.8 Å². The molecule has 0 saturated heterocycles. The lowest BCUT2D eigenvalue weighted by molar-refractivity contribution is 0.140. The van der Waals surface area contributed by atoms with Crippen LogP contribution in [-0.4, -0.2) is 24.0 Å². The number of aromatic nitrogens is 2. The molecule has 0 fully saturated rings. The Morgan fingerprint density at radius 2 is 1.92 bits per heavy atom. The van der Waals surface area contributed by atoms with Crippen LogP contribution in [0.25, 0.3) is 0 Å². The molecule has 0 aromatic carbocycles. The fourth-order valence-electron chi connectivity index (χ4n) is 1.02. The van der Waals surface area contributed by atoms with Crippen LogP contribution in [-0.2, 0) is 0 Å². The van der Waals surface area contributed by atoms with Crippen LogP contribution in [0, 0.1) is 12.7 Å². The van der Waals surface area contributed by atoms with E-state index in [1.54, 1.807) is 14.1 Å². The predicted molar refractivity (Wildman–Crippen MR) is 41.9 cm³/mol. The Morgan fingerprint density at radius 1 is 1.38 bits per heavy atom. The van der Waals surface area contributed by atoms with Gasteiger partial charge in [-0.15, -0.1) is 5.10 Å². The third kappa shape index (κ3) is 1.61. The molecular weight excluding hydrogens is 183 g/mol. The van der Waals surface area contributed by atoms with Crippen molar-refractivity contribution in [1.82, 2.24) is 9.89 Å². The van der Waals surface area contributed by atoms with Gasteiger partial charge in [0.25, 0.3) is 6.43 Å². The number of hydrogen-bond acceptors (Lipinski definition) is 2. The SMILES string of the molecule is Cc1c(F)c(C(F)F)nn1N(C)C. The summed E-state index contributed by atoms with van der Waals surface area (Å²) in [5, 5.41) is 4.85. The third-order valence-electron chi connectivity index (χ3n) is 1.63. The van der Waals surface area contributed by atoms with Crippen molar-refractivity contribution in [2.75, 3.05) is 19.1 Å². The molecule has 1 aromatic heterocycles. The molecule has 74 valence electrons. The van der Waals surface area contributed by atoms with Crippen molar-refractivity contribution in [1.29, 1.82) is 0 Å². The van der Waals surface area contributed by atoms with Crippen LogP contribution >= 0.6 is 0 Å². The summed E-state index contributed by atoms with van der Waals surface area (Å²) in [4.78, 5) is 1.09. The van der Waals surface area contributed by atoms with Crippen molar-refractivity contribution in [2.45, 2.75) is 13.3 Å². The highest BCUT2D eigenvalue weighted by Gasteiger charge is 2.22. The van der Waals surface area contributed by atoms with Crippen LogP contribution in [0.3, 0.4) is 0 Å². The maximum atomic E-state index is 13.0. The monoisotopic (exact) mass is 193 g/mol. The highest BCUT2D eigenvalue weighted by Crippen LogP contribution is 2.22. The van der Waals surface area contributed by atoms with E-state index in [9.17, 15) is 13.2 Å². The summed E-state index contributed by atoms with van der Waals surface area (Å²) in [7, 11) is 3.18. The van der Waals surface area contributed by atoms with Gasteiger partial charge in [-0.25, -0.2) is 13.2 Å². The van der Waals surface area contributed by atoms with Gasteiger partial charge in [-0.05, 0) is 6.92 Å². The van der Waals surface area contributed by atoms with Gasteiger partial charge in [0.2, 0.25) is 0 Å². The van der Waals surface area contributed by atoms with E-state index < -0.39 is 17.9 Å². The molecule has 0 N–H and O–H groups in total. The molecule has 0 saturated carbocycles. The standard InChI is InChI=1S/C7H10F3N3/c1-4-5(8)6(7(9)10)11-13(4)12(2)3/h7H,1-3H3. The molecule has 6 heteroatoms. The van der Waals surface area contributed by atoms with E-state index in [0.29, 0.717) is 0 Å². The smallest absolute Gasteiger partial charge is 0.285 e. The van der Waals surface area contributed by atoms with Crippen molar-refractivity contribution in [3.8, 4) is 0 Å². The van der Waals surface area contributed by atoms with Gasteiger partial charge in [-0.2, -0.15) is 4.79 Å². The first-order chi connectivity index (χ1) is 5.95. The predicted octanol–water partition coefficient (Wildman–Crippen LogP) is 1.47. The zero-order valence-electron chi connectivity index (χ0n) is 7.55. The summed E-state index contributed by atoms with van der Waals surface area (Å²) in [5.41, 5.74) is -0.716. The Labute approximate surface area is 73.7 Å². The molecule has 0 aliphatic heterocycles. The van der Waals surface area contributed by atoms with Gasteiger partial charge >= 0.3 is 0 Å². The number of halogens is 3. The molecule has 0 unspecified atom stereocenters. The molecule has 0 amide bonds. The lowest BCUT2D eigenvalue weighted by Crippen LogP contribution is -2.27. The van der Waals surface area contributed by atoms with Gasteiger partial charge in [0.15, 0.2) is 11.5 Å². The van der Waals surface area contributed by atoms with Gasteiger partial charge in [-0.1, -0.05) is 0 Å². The van der Waals surface area contributed by atoms with Gasteiger partial charge in [-0.3, -0.25) is 0 Å². The minimum atomic E-state index is -2.88. The second kappa shape index (κ2) is 3.27. The van der Waals surface area contributed by atoms with Crippen LogP contribution in [0.15, 0.2) is 0 Å². The quantitative estimate of drug-likeness (QED) is 0.709. The Hall–Kier alpha value is -1.20. The van der Waals surface area contributed by atoms with E-state index >= 15 is 0 Å². The summed E-state index contributed by atoms with van der Waals surface area (Å²) in [5.74, 6) is -0.941. The minimum absolute atomic E-state index is 0.0836. The third-order valence-corrected chi connectivity index (χ3v) is 1.63. The highest BCUT2D eigenvalue weighted by molar-refractivity contribution is 5.14. The van der Waals surface area contributed by atoms with Gasteiger partial charge in [0.05, 0.1) is 5.69 Å². The molecule has 0 radical (unpaired) electrons. The molecule has 0 spiro atoms. The molecule has 0 bridgehead atoms. The molecule has 1 heterocycles. The fourth-order valence-corrected chi connectivity index (χ4v) is 1.02. The summed E-state index contributed by atoms with van der Waals surface area (Å²) < 4.78 is 37.3. The molecule has 3 nitrogen and oxygen atoms in total. The van der Waals surface area contributed by atoms with Crippen molar-refractivity contribution in [3.05, 3.63) is 17.2 Å². The molecule has 13 heavy (non-hydrogen) atoms. The maximum Gasteiger partial charge on any atom is 0.285 e. The molecule has 0 atom stereocenters. The second-order valence-corrected chi connectivity index (χ2v) is 2.82. The highest BCUT2D eigenvalue weighted by atomic mass is 19.3. The van der Waals surface area contributed by atoms with E-state index in [-0.39, 0.29) is 5.69 Å². The number of nitrogens with zero attached hydrogens (tertiary/aromatic N) is 3. The minimum Gasteiger partial charge on any atom is -0.303 e. The Kier molecular flexibility index (Phi) is 2.49. The first kappa shape index (κ1) is 9.88. The summed E-state index contributed by atoms with van der Waals surface area (Å²) >= 11 is 0.